The molecule has 0 aliphatic carbocycles. The summed E-state index contributed by atoms with van der Waals surface area (Å²) in [4.78, 5) is 25.5. The van der Waals surface area contributed by atoms with E-state index in [0.717, 1.165) is 16.7 Å². The molecule has 0 atom stereocenters. The lowest BCUT2D eigenvalue weighted by molar-refractivity contribution is -0.153. The first-order chi connectivity index (χ1) is 8.79. The molecule has 1 aliphatic heterocycles. The molecule has 1 aromatic rings. The zero-order valence-electron chi connectivity index (χ0n) is 11.9. The van der Waals surface area contributed by atoms with Crippen LogP contribution in [0.5, 0.6) is 0 Å². The maximum Gasteiger partial charge on any atom is 0.249 e. The molecule has 4 nitrogen and oxygen atoms in total. The van der Waals surface area contributed by atoms with Crippen LogP contribution in [0.25, 0.3) is 0 Å². The summed E-state index contributed by atoms with van der Waals surface area (Å²) >= 11 is 0. The number of aryl methyl sites for hydroxylation is 2. The second-order valence-corrected chi connectivity index (χ2v) is 5.76. The van der Waals surface area contributed by atoms with Gasteiger partial charge in [-0.2, -0.15) is 0 Å². The van der Waals surface area contributed by atoms with E-state index in [1.807, 2.05) is 26.0 Å². The van der Waals surface area contributed by atoms with Gasteiger partial charge in [0.1, 0.15) is 0 Å². The molecule has 1 saturated heterocycles. The van der Waals surface area contributed by atoms with Gasteiger partial charge in [-0.1, -0.05) is 29.3 Å². The van der Waals surface area contributed by atoms with Gasteiger partial charge in [0.25, 0.3) is 0 Å². The Hall–Kier alpha value is -1.68. The third-order valence-corrected chi connectivity index (χ3v) is 3.38. The van der Waals surface area contributed by atoms with Gasteiger partial charge in [0.15, 0.2) is 0 Å². The SMILES string of the molecule is Cc1cc(C)cc(CN2C(=O)CNC(C)(C)C2=O)c1. The average Bonchev–Trinajstić information content (AvgIpc) is 2.29. The topological polar surface area (TPSA) is 49.4 Å². The lowest BCUT2D eigenvalue weighted by atomic mass is 9.99. The Morgan fingerprint density at radius 2 is 1.74 bits per heavy atom. The first-order valence-electron chi connectivity index (χ1n) is 6.46. The average molecular weight is 260 g/mol. The fourth-order valence-corrected chi connectivity index (χ4v) is 2.42. The molecule has 0 bridgehead atoms. The molecule has 102 valence electrons. The van der Waals surface area contributed by atoms with Crippen LogP contribution in [0.4, 0.5) is 0 Å². The highest BCUT2D eigenvalue weighted by Gasteiger charge is 2.39. The number of benzene rings is 1. The summed E-state index contributed by atoms with van der Waals surface area (Å²) in [6, 6.07) is 6.11. The van der Waals surface area contributed by atoms with Crippen LogP contribution in [-0.4, -0.2) is 28.8 Å². The first kappa shape index (κ1) is 13.7. The summed E-state index contributed by atoms with van der Waals surface area (Å²) in [5, 5.41) is 2.96. The molecule has 0 spiro atoms. The molecule has 1 aromatic carbocycles. The molecule has 1 fully saturated rings. The van der Waals surface area contributed by atoms with Gasteiger partial charge in [-0.05, 0) is 33.3 Å². The summed E-state index contributed by atoms with van der Waals surface area (Å²) in [6.07, 6.45) is 0. The monoisotopic (exact) mass is 260 g/mol. The van der Waals surface area contributed by atoms with Gasteiger partial charge in [0.2, 0.25) is 11.8 Å². The summed E-state index contributed by atoms with van der Waals surface area (Å²) < 4.78 is 0. The van der Waals surface area contributed by atoms with Gasteiger partial charge in [0.05, 0.1) is 18.6 Å². The molecule has 0 unspecified atom stereocenters. The van der Waals surface area contributed by atoms with Gasteiger partial charge in [-0.15, -0.1) is 0 Å². The highest BCUT2D eigenvalue weighted by atomic mass is 16.2. The van der Waals surface area contributed by atoms with Crippen LogP contribution in [0.1, 0.15) is 30.5 Å². The number of amides is 2. The summed E-state index contributed by atoms with van der Waals surface area (Å²) in [6.45, 7) is 8.20. The van der Waals surface area contributed by atoms with E-state index in [0.29, 0.717) is 6.54 Å². The standard InChI is InChI=1S/C15H20N2O2/c1-10-5-11(2)7-12(6-10)9-17-13(18)8-16-15(3,4)14(17)19/h5-7,16H,8-9H2,1-4H3. The van der Waals surface area contributed by atoms with E-state index in [-0.39, 0.29) is 18.4 Å². The number of imide groups is 1. The number of rotatable bonds is 2. The molecule has 1 heterocycles. The molecule has 0 aromatic heterocycles. The van der Waals surface area contributed by atoms with Crippen molar-refractivity contribution in [1.82, 2.24) is 10.2 Å². The molecule has 19 heavy (non-hydrogen) atoms. The minimum absolute atomic E-state index is 0.163. The second kappa shape index (κ2) is 4.78. The zero-order chi connectivity index (χ0) is 14.2. The Morgan fingerprint density at radius 3 is 2.32 bits per heavy atom. The summed E-state index contributed by atoms with van der Waals surface area (Å²) in [5.74, 6) is -0.327. The number of hydrogen-bond acceptors (Lipinski definition) is 3. The van der Waals surface area contributed by atoms with Crippen molar-refractivity contribution in [2.24, 2.45) is 0 Å². The van der Waals surface area contributed by atoms with E-state index >= 15 is 0 Å². The van der Waals surface area contributed by atoms with Crippen molar-refractivity contribution in [2.75, 3.05) is 6.54 Å². The number of carbonyl (C=O) groups is 2. The van der Waals surface area contributed by atoms with Crippen molar-refractivity contribution < 1.29 is 9.59 Å². The number of hydrogen-bond donors (Lipinski definition) is 1. The maximum absolute atomic E-state index is 12.3. The Morgan fingerprint density at radius 1 is 1.16 bits per heavy atom. The van der Waals surface area contributed by atoms with Gasteiger partial charge in [0, 0.05) is 0 Å². The molecular formula is C15H20N2O2. The Balaban J connectivity index is 2.25. The maximum atomic E-state index is 12.3. The van der Waals surface area contributed by atoms with Crippen LogP contribution >= 0.6 is 0 Å². The minimum Gasteiger partial charge on any atom is -0.295 e. The zero-order valence-corrected chi connectivity index (χ0v) is 11.9. The third kappa shape index (κ3) is 2.84. The largest absolute Gasteiger partial charge is 0.295 e. The van der Waals surface area contributed by atoms with Crippen LogP contribution in [-0.2, 0) is 16.1 Å². The molecular weight excluding hydrogens is 240 g/mol. The van der Waals surface area contributed by atoms with Gasteiger partial charge in [-0.3, -0.25) is 19.8 Å². The number of piperazine rings is 1. The van der Waals surface area contributed by atoms with Gasteiger partial charge in [-0.25, -0.2) is 0 Å². The predicted molar refractivity (Wildman–Crippen MR) is 73.6 cm³/mol. The van der Waals surface area contributed by atoms with Crippen molar-refractivity contribution in [2.45, 2.75) is 39.8 Å². The molecule has 1 aliphatic rings. The molecule has 0 saturated carbocycles. The van der Waals surface area contributed by atoms with Gasteiger partial charge >= 0.3 is 0 Å². The van der Waals surface area contributed by atoms with Crippen molar-refractivity contribution in [3.05, 3.63) is 34.9 Å². The van der Waals surface area contributed by atoms with E-state index in [1.165, 1.54) is 4.90 Å². The highest BCUT2D eigenvalue weighted by molar-refractivity contribution is 6.02. The van der Waals surface area contributed by atoms with Crippen LogP contribution in [0.15, 0.2) is 18.2 Å². The van der Waals surface area contributed by atoms with Crippen molar-refractivity contribution in [1.29, 1.82) is 0 Å². The predicted octanol–water partition coefficient (Wildman–Crippen LogP) is 1.54. The van der Waals surface area contributed by atoms with E-state index in [4.69, 9.17) is 0 Å². The molecule has 1 N–H and O–H groups in total. The fourth-order valence-electron chi connectivity index (χ4n) is 2.42. The lowest BCUT2D eigenvalue weighted by Crippen LogP contribution is -2.63. The van der Waals surface area contributed by atoms with Gasteiger partial charge < -0.3 is 0 Å². The number of carbonyl (C=O) groups excluding carboxylic acids is 2. The van der Waals surface area contributed by atoms with Crippen LogP contribution in [0.2, 0.25) is 0 Å². The van der Waals surface area contributed by atoms with E-state index in [1.54, 1.807) is 13.8 Å². The van der Waals surface area contributed by atoms with E-state index in [9.17, 15) is 9.59 Å². The Bertz CT molecular complexity index is 515. The number of nitrogens with one attached hydrogen (secondary N) is 1. The Labute approximate surface area is 113 Å². The summed E-state index contributed by atoms with van der Waals surface area (Å²) in [5.41, 5.74) is 2.61. The third-order valence-electron chi connectivity index (χ3n) is 3.38. The highest BCUT2D eigenvalue weighted by Crippen LogP contribution is 2.18. The quantitative estimate of drug-likeness (QED) is 0.821. The summed E-state index contributed by atoms with van der Waals surface area (Å²) in [7, 11) is 0. The smallest absolute Gasteiger partial charge is 0.249 e. The van der Waals surface area contributed by atoms with Crippen LogP contribution in [0.3, 0.4) is 0 Å². The van der Waals surface area contributed by atoms with Crippen molar-refractivity contribution in [3.8, 4) is 0 Å². The first-order valence-corrected chi connectivity index (χ1v) is 6.46. The normalized spacial score (nSPS) is 18.8. The molecule has 2 rings (SSSR count). The minimum atomic E-state index is -0.674. The van der Waals surface area contributed by atoms with Crippen molar-refractivity contribution in [3.63, 3.8) is 0 Å². The lowest BCUT2D eigenvalue weighted by Gasteiger charge is -2.36. The molecule has 0 radical (unpaired) electrons. The molecule has 2 amide bonds. The van der Waals surface area contributed by atoms with Crippen LogP contribution < -0.4 is 5.32 Å². The van der Waals surface area contributed by atoms with Crippen molar-refractivity contribution >= 4 is 11.8 Å². The molecule has 4 heteroatoms. The number of nitrogens with zero attached hydrogens (tertiary/aromatic N) is 1. The van der Waals surface area contributed by atoms with Crippen LogP contribution in [0, 0.1) is 13.8 Å². The van der Waals surface area contributed by atoms with E-state index in [2.05, 4.69) is 11.4 Å². The van der Waals surface area contributed by atoms with E-state index < -0.39 is 5.54 Å². The second-order valence-electron chi connectivity index (χ2n) is 5.76. The Kier molecular flexibility index (Phi) is 3.45. The fraction of sp³-hybridized carbons (Fsp3) is 0.467.